The third kappa shape index (κ3) is 8.50. The summed E-state index contributed by atoms with van der Waals surface area (Å²) in [6.07, 6.45) is 1.77. The number of hydrogen-bond donors (Lipinski definition) is 0. The first-order valence-corrected chi connectivity index (χ1v) is 10.7. The molecular formula is C22H40N2O6. The lowest BCUT2D eigenvalue weighted by molar-refractivity contribution is -0.157. The van der Waals surface area contributed by atoms with Gasteiger partial charge in [-0.05, 0) is 74.9 Å². The highest BCUT2D eigenvalue weighted by molar-refractivity contribution is 5.76. The number of esters is 2. The van der Waals surface area contributed by atoms with E-state index in [0.29, 0.717) is 19.4 Å². The van der Waals surface area contributed by atoms with Gasteiger partial charge in [0.05, 0.1) is 22.9 Å². The van der Waals surface area contributed by atoms with Crippen molar-refractivity contribution < 1.29 is 28.6 Å². The fourth-order valence-corrected chi connectivity index (χ4v) is 2.96. The topological polar surface area (TPSA) is 85.4 Å². The Morgan fingerprint density at radius 3 is 1.63 bits per heavy atom. The first-order valence-electron chi connectivity index (χ1n) is 10.7. The minimum atomic E-state index is -0.618. The van der Waals surface area contributed by atoms with Gasteiger partial charge in [0.2, 0.25) is 0 Å². The van der Waals surface area contributed by atoms with Crippen LogP contribution in [0.3, 0.4) is 0 Å². The van der Waals surface area contributed by atoms with Gasteiger partial charge in [0, 0.05) is 6.54 Å². The van der Waals surface area contributed by atoms with Crippen LogP contribution in [0.4, 0.5) is 4.79 Å². The fraction of sp³-hybridized carbons (Fsp3) is 0.864. The highest BCUT2D eigenvalue weighted by Gasteiger charge is 2.38. The predicted molar refractivity (Wildman–Crippen MR) is 114 cm³/mol. The molecule has 1 heterocycles. The summed E-state index contributed by atoms with van der Waals surface area (Å²) in [5.74, 6) is -0.630. The molecular weight excluding hydrogens is 388 g/mol. The van der Waals surface area contributed by atoms with Crippen molar-refractivity contribution in [1.82, 2.24) is 9.80 Å². The van der Waals surface area contributed by atoms with E-state index < -0.39 is 16.9 Å². The number of rotatable bonds is 7. The van der Waals surface area contributed by atoms with Crippen LogP contribution in [-0.4, -0.2) is 80.4 Å². The molecule has 1 rings (SSSR count). The first kappa shape index (κ1) is 26.2. The molecule has 0 aromatic rings. The van der Waals surface area contributed by atoms with E-state index in [4.69, 9.17) is 14.2 Å². The van der Waals surface area contributed by atoms with E-state index in [1.807, 2.05) is 19.0 Å². The van der Waals surface area contributed by atoms with Gasteiger partial charge < -0.3 is 19.1 Å². The maximum Gasteiger partial charge on any atom is 0.410 e. The van der Waals surface area contributed by atoms with E-state index in [9.17, 15) is 14.4 Å². The molecule has 0 saturated carbocycles. The van der Waals surface area contributed by atoms with Crippen LogP contribution >= 0.6 is 0 Å². The maximum absolute atomic E-state index is 12.9. The molecule has 1 saturated heterocycles. The molecule has 1 amide bonds. The van der Waals surface area contributed by atoms with Crippen LogP contribution in [0.2, 0.25) is 0 Å². The van der Waals surface area contributed by atoms with Crippen molar-refractivity contribution >= 4 is 18.0 Å². The van der Waals surface area contributed by atoms with Crippen LogP contribution in [0.15, 0.2) is 0 Å². The van der Waals surface area contributed by atoms with E-state index in [1.165, 1.54) is 0 Å². The Hall–Kier alpha value is -1.83. The highest BCUT2D eigenvalue weighted by Crippen LogP contribution is 2.26. The summed E-state index contributed by atoms with van der Waals surface area (Å²) in [5, 5.41) is 0. The van der Waals surface area contributed by atoms with Crippen LogP contribution in [0.5, 0.6) is 0 Å². The minimum absolute atomic E-state index is 0.0998. The van der Waals surface area contributed by atoms with Gasteiger partial charge in [-0.2, -0.15) is 0 Å². The molecule has 30 heavy (non-hydrogen) atoms. The van der Waals surface area contributed by atoms with Crippen molar-refractivity contribution in [2.75, 3.05) is 40.5 Å². The molecule has 8 nitrogen and oxygen atoms in total. The zero-order valence-corrected chi connectivity index (χ0v) is 19.9. The van der Waals surface area contributed by atoms with Crippen LogP contribution in [-0.2, 0) is 23.8 Å². The van der Waals surface area contributed by atoms with E-state index in [1.54, 1.807) is 46.4 Å². The van der Waals surface area contributed by atoms with Crippen molar-refractivity contribution in [2.24, 2.45) is 10.8 Å². The molecule has 0 aromatic heterocycles. The molecule has 1 aliphatic rings. The van der Waals surface area contributed by atoms with Crippen molar-refractivity contribution in [3.63, 3.8) is 0 Å². The van der Waals surface area contributed by atoms with E-state index in [-0.39, 0.29) is 43.8 Å². The van der Waals surface area contributed by atoms with Crippen LogP contribution < -0.4 is 0 Å². The Morgan fingerprint density at radius 1 is 0.833 bits per heavy atom. The number of piperidine rings is 1. The zero-order chi connectivity index (χ0) is 23.1. The van der Waals surface area contributed by atoms with E-state index >= 15 is 0 Å². The Bertz CT molecular complexity index is 553. The van der Waals surface area contributed by atoms with Crippen LogP contribution in [0, 0.1) is 10.8 Å². The molecule has 0 spiro atoms. The largest absolute Gasteiger partial charge is 0.463 e. The van der Waals surface area contributed by atoms with Crippen molar-refractivity contribution in [2.45, 2.75) is 72.9 Å². The number of nitrogens with zero attached hydrogens (tertiary/aromatic N) is 2. The minimum Gasteiger partial charge on any atom is -0.463 e. The number of ether oxygens (including phenoxy) is 3. The Labute approximate surface area is 181 Å². The van der Waals surface area contributed by atoms with Gasteiger partial charge in [-0.15, -0.1) is 0 Å². The molecule has 0 unspecified atom stereocenters. The lowest BCUT2D eigenvalue weighted by atomic mass is 9.95. The second-order valence-electron chi connectivity index (χ2n) is 10.3. The second-order valence-corrected chi connectivity index (χ2v) is 10.3. The number of carbonyl (C=O) groups excluding carboxylic acids is 3. The summed E-state index contributed by atoms with van der Waals surface area (Å²) in [6, 6.07) is -0.620. The average Bonchev–Trinajstić information content (AvgIpc) is 2.61. The molecule has 0 N–H and O–H groups in total. The number of amides is 1. The smallest absolute Gasteiger partial charge is 0.410 e. The Balaban J connectivity index is 2.88. The molecule has 1 fully saturated rings. The Kier molecular flexibility index (Phi) is 9.59. The average molecular weight is 429 g/mol. The first-order chi connectivity index (χ1) is 13.7. The maximum atomic E-state index is 12.9. The fourth-order valence-electron chi connectivity index (χ4n) is 2.96. The monoisotopic (exact) mass is 428 g/mol. The van der Waals surface area contributed by atoms with Gasteiger partial charge in [-0.25, -0.2) is 4.79 Å². The molecule has 2 atom stereocenters. The van der Waals surface area contributed by atoms with Gasteiger partial charge in [0.1, 0.15) is 19.8 Å². The van der Waals surface area contributed by atoms with E-state index in [2.05, 4.69) is 0 Å². The lowest BCUT2D eigenvalue weighted by Crippen LogP contribution is -2.54. The van der Waals surface area contributed by atoms with Gasteiger partial charge in [0.25, 0.3) is 0 Å². The summed E-state index contributed by atoms with van der Waals surface area (Å²) < 4.78 is 16.5. The number of likely N-dealkylation sites (tertiary alicyclic amines) is 1. The third-order valence-electron chi connectivity index (χ3n) is 4.87. The number of hydrogen-bond acceptors (Lipinski definition) is 7. The molecule has 174 valence electrons. The van der Waals surface area contributed by atoms with Crippen LogP contribution in [0.25, 0.3) is 0 Å². The summed E-state index contributed by atoms with van der Waals surface area (Å²) in [7, 11) is 3.80. The predicted octanol–water partition coefficient (Wildman–Crippen LogP) is 3.09. The summed E-state index contributed by atoms with van der Waals surface area (Å²) in [4.78, 5) is 40.8. The zero-order valence-electron chi connectivity index (χ0n) is 19.9. The third-order valence-corrected chi connectivity index (χ3v) is 4.87. The Morgan fingerprint density at radius 2 is 1.27 bits per heavy atom. The molecule has 0 bridgehead atoms. The number of carbonyl (C=O) groups is 3. The van der Waals surface area contributed by atoms with Crippen molar-refractivity contribution in [3.05, 3.63) is 0 Å². The van der Waals surface area contributed by atoms with Gasteiger partial charge in [-0.3, -0.25) is 14.5 Å². The molecule has 0 aliphatic carbocycles. The lowest BCUT2D eigenvalue weighted by Gasteiger charge is -2.41. The van der Waals surface area contributed by atoms with Gasteiger partial charge in [-0.1, -0.05) is 0 Å². The van der Waals surface area contributed by atoms with Gasteiger partial charge >= 0.3 is 18.0 Å². The highest BCUT2D eigenvalue weighted by atomic mass is 16.6. The SMILES string of the molecule is CN(C)CCOC(=O)N1[C@H](COC(=O)C(C)(C)C)CCC[C@H]1COC(=O)C(C)(C)C. The van der Waals surface area contributed by atoms with Gasteiger partial charge in [0.15, 0.2) is 0 Å². The molecule has 8 heteroatoms. The standard InChI is InChI=1S/C22H40N2O6/c1-21(2,3)18(25)29-14-16-10-9-11-17(15-30-19(26)22(4,5)6)24(16)20(27)28-13-12-23(7)8/h16-17H,9-15H2,1-8H3/t16-,17-/m0/s1. The number of likely N-dealkylation sites (N-methyl/N-ethyl adjacent to an activating group) is 1. The summed E-state index contributed by atoms with van der Waals surface area (Å²) >= 11 is 0. The quantitative estimate of drug-likeness (QED) is 0.455. The van der Waals surface area contributed by atoms with Crippen molar-refractivity contribution in [3.8, 4) is 0 Å². The van der Waals surface area contributed by atoms with Crippen molar-refractivity contribution in [1.29, 1.82) is 0 Å². The molecule has 0 radical (unpaired) electrons. The normalized spacial score (nSPS) is 20.1. The second kappa shape index (κ2) is 11.0. The summed E-state index contributed by atoms with van der Waals surface area (Å²) in [5.41, 5.74) is -1.24. The van der Waals surface area contributed by atoms with E-state index in [0.717, 1.165) is 6.42 Å². The van der Waals surface area contributed by atoms with Crippen LogP contribution in [0.1, 0.15) is 60.8 Å². The molecule has 0 aromatic carbocycles. The molecule has 1 aliphatic heterocycles. The summed E-state index contributed by atoms with van der Waals surface area (Å²) in [6.45, 7) is 11.8.